The highest BCUT2D eigenvalue weighted by molar-refractivity contribution is 5.95. The van der Waals surface area contributed by atoms with Gasteiger partial charge in [-0.3, -0.25) is 25.0 Å². The second-order valence-electron chi connectivity index (χ2n) is 3.24. The van der Waals surface area contributed by atoms with Gasteiger partial charge < -0.3 is 10.1 Å². The van der Waals surface area contributed by atoms with Gasteiger partial charge in [0.05, 0.1) is 29.1 Å². The van der Waals surface area contributed by atoms with Gasteiger partial charge in [0.25, 0.3) is 0 Å². The number of benzene rings is 1. The first-order chi connectivity index (χ1) is 8.36. The van der Waals surface area contributed by atoms with Crippen LogP contribution in [-0.4, -0.2) is 22.9 Å². The summed E-state index contributed by atoms with van der Waals surface area (Å²) < 4.78 is 4.73. The molecule has 0 heterocycles. The van der Waals surface area contributed by atoms with E-state index in [-0.39, 0.29) is 5.75 Å². The van der Waals surface area contributed by atoms with E-state index in [2.05, 4.69) is 5.32 Å². The van der Waals surface area contributed by atoms with Gasteiger partial charge in [-0.25, -0.2) is 0 Å². The van der Waals surface area contributed by atoms with Gasteiger partial charge >= 0.3 is 11.4 Å². The molecule has 0 bridgehead atoms. The van der Waals surface area contributed by atoms with Gasteiger partial charge in [-0.15, -0.1) is 0 Å². The third-order valence-corrected chi connectivity index (χ3v) is 2.00. The van der Waals surface area contributed by atoms with Crippen LogP contribution in [-0.2, 0) is 4.79 Å². The molecule has 18 heavy (non-hydrogen) atoms. The van der Waals surface area contributed by atoms with Crippen molar-refractivity contribution >= 4 is 23.0 Å². The summed E-state index contributed by atoms with van der Waals surface area (Å²) in [4.78, 5) is 30.9. The standard InChI is InChI=1S/C9H9N3O6/c1-5(13)10-9-7(11(14)15)3-6(18-2)4-8(9)12(16)17/h3-4H,1-2H3,(H,10,13). The minimum atomic E-state index is -0.833. The summed E-state index contributed by atoms with van der Waals surface area (Å²) in [6.45, 7) is 1.09. The van der Waals surface area contributed by atoms with Crippen LogP contribution < -0.4 is 10.1 Å². The van der Waals surface area contributed by atoms with Crippen LogP contribution in [0.5, 0.6) is 5.75 Å². The summed E-state index contributed by atoms with van der Waals surface area (Å²) in [5.41, 5.74) is -1.66. The second-order valence-corrected chi connectivity index (χ2v) is 3.24. The number of hydrogen-bond acceptors (Lipinski definition) is 6. The zero-order valence-corrected chi connectivity index (χ0v) is 9.50. The van der Waals surface area contributed by atoms with Gasteiger partial charge in [-0.2, -0.15) is 0 Å². The van der Waals surface area contributed by atoms with Gasteiger partial charge in [0.15, 0.2) is 5.69 Å². The number of rotatable bonds is 4. The number of nitrogens with zero attached hydrogens (tertiary/aromatic N) is 2. The molecule has 0 aliphatic rings. The fourth-order valence-electron chi connectivity index (χ4n) is 1.30. The Hall–Kier alpha value is -2.71. The summed E-state index contributed by atoms with van der Waals surface area (Å²) in [5, 5.41) is 23.7. The van der Waals surface area contributed by atoms with Crippen molar-refractivity contribution in [3.8, 4) is 5.75 Å². The number of nitro benzene ring substituents is 2. The van der Waals surface area contributed by atoms with Crippen molar-refractivity contribution in [2.45, 2.75) is 6.92 Å². The second kappa shape index (κ2) is 5.08. The summed E-state index contributed by atoms with van der Waals surface area (Å²) in [6.07, 6.45) is 0. The maximum Gasteiger partial charge on any atom is 0.303 e. The van der Waals surface area contributed by atoms with Gasteiger partial charge in [-0.05, 0) is 0 Å². The van der Waals surface area contributed by atoms with Crippen LogP contribution in [0.4, 0.5) is 17.1 Å². The summed E-state index contributed by atoms with van der Waals surface area (Å²) in [6, 6.07) is 2.00. The third kappa shape index (κ3) is 2.70. The average molecular weight is 255 g/mol. The molecule has 0 saturated heterocycles. The number of methoxy groups -OCH3 is 1. The van der Waals surface area contributed by atoms with Gasteiger partial charge in [-0.1, -0.05) is 0 Å². The van der Waals surface area contributed by atoms with E-state index in [1.165, 1.54) is 7.11 Å². The first-order valence-electron chi connectivity index (χ1n) is 4.65. The largest absolute Gasteiger partial charge is 0.496 e. The van der Waals surface area contributed by atoms with Crippen LogP contribution >= 0.6 is 0 Å². The molecule has 0 spiro atoms. The Morgan fingerprint density at radius 1 is 1.22 bits per heavy atom. The highest BCUT2D eigenvalue weighted by atomic mass is 16.6. The third-order valence-electron chi connectivity index (χ3n) is 2.00. The zero-order valence-electron chi connectivity index (χ0n) is 9.50. The SMILES string of the molecule is COc1cc([N+](=O)[O-])c(NC(C)=O)c([N+](=O)[O-])c1. The Kier molecular flexibility index (Phi) is 3.77. The molecule has 0 unspecified atom stereocenters. The average Bonchev–Trinajstić information content (AvgIpc) is 2.27. The fourth-order valence-corrected chi connectivity index (χ4v) is 1.30. The van der Waals surface area contributed by atoms with E-state index < -0.39 is 32.8 Å². The number of amides is 1. The van der Waals surface area contributed by atoms with E-state index >= 15 is 0 Å². The molecular weight excluding hydrogens is 246 g/mol. The molecule has 0 aliphatic heterocycles. The molecule has 0 fully saturated rings. The molecule has 0 radical (unpaired) electrons. The Bertz CT molecular complexity index is 492. The van der Waals surface area contributed by atoms with Gasteiger partial charge in [0.2, 0.25) is 5.91 Å². The lowest BCUT2D eigenvalue weighted by molar-refractivity contribution is -0.392. The molecule has 0 saturated carbocycles. The quantitative estimate of drug-likeness (QED) is 0.641. The van der Waals surface area contributed by atoms with Crippen LogP contribution in [0.1, 0.15) is 6.92 Å². The number of carbonyl (C=O) groups excluding carboxylic acids is 1. The molecule has 1 aromatic rings. The Labute approximate surface area is 101 Å². The van der Waals surface area contributed by atoms with Crippen molar-refractivity contribution in [2.75, 3.05) is 12.4 Å². The van der Waals surface area contributed by atoms with Crippen molar-refractivity contribution in [2.24, 2.45) is 0 Å². The molecular formula is C9H9N3O6. The Morgan fingerprint density at radius 2 is 1.67 bits per heavy atom. The van der Waals surface area contributed by atoms with E-state index in [9.17, 15) is 25.0 Å². The summed E-state index contributed by atoms with van der Waals surface area (Å²) >= 11 is 0. The van der Waals surface area contributed by atoms with E-state index in [0.29, 0.717) is 0 Å². The predicted molar refractivity (Wildman–Crippen MR) is 60.6 cm³/mol. The monoisotopic (exact) mass is 255 g/mol. The number of nitro groups is 2. The van der Waals surface area contributed by atoms with Crippen molar-refractivity contribution in [3.63, 3.8) is 0 Å². The topological polar surface area (TPSA) is 125 Å². The van der Waals surface area contributed by atoms with E-state index in [0.717, 1.165) is 19.1 Å². The summed E-state index contributed by atoms with van der Waals surface area (Å²) in [7, 11) is 1.22. The Morgan fingerprint density at radius 3 is 1.94 bits per heavy atom. The molecule has 9 nitrogen and oxygen atoms in total. The molecule has 96 valence electrons. The van der Waals surface area contributed by atoms with E-state index in [4.69, 9.17) is 4.74 Å². The maximum atomic E-state index is 10.9. The number of hydrogen-bond donors (Lipinski definition) is 1. The van der Waals surface area contributed by atoms with Crippen LogP contribution in [0.25, 0.3) is 0 Å². The van der Waals surface area contributed by atoms with Crippen molar-refractivity contribution in [1.29, 1.82) is 0 Å². The molecule has 1 N–H and O–H groups in total. The maximum absolute atomic E-state index is 10.9. The fraction of sp³-hybridized carbons (Fsp3) is 0.222. The molecule has 0 aromatic heterocycles. The van der Waals surface area contributed by atoms with Crippen molar-refractivity contribution in [3.05, 3.63) is 32.4 Å². The lowest BCUT2D eigenvalue weighted by Gasteiger charge is -2.06. The van der Waals surface area contributed by atoms with Crippen LogP contribution in [0.3, 0.4) is 0 Å². The number of nitrogens with one attached hydrogen (secondary N) is 1. The lowest BCUT2D eigenvalue weighted by Crippen LogP contribution is -2.10. The smallest absolute Gasteiger partial charge is 0.303 e. The van der Waals surface area contributed by atoms with Crippen molar-refractivity contribution < 1.29 is 19.4 Å². The highest BCUT2D eigenvalue weighted by Crippen LogP contribution is 2.38. The minimum Gasteiger partial charge on any atom is -0.496 e. The van der Waals surface area contributed by atoms with E-state index in [1.54, 1.807) is 0 Å². The van der Waals surface area contributed by atoms with Crippen LogP contribution in [0, 0.1) is 20.2 Å². The first-order valence-corrected chi connectivity index (χ1v) is 4.65. The van der Waals surface area contributed by atoms with E-state index in [1.807, 2.05) is 0 Å². The molecule has 0 atom stereocenters. The normalized spacial score (nSPS) is 9.67. The number of carbonyl (C=O) groups is 1. The molecule has 1 aromatic carbocycles. The lowest BCUT2D eigenvalue weighted by atomic mass is 10.2. The zero-order chi connectivity index (χ0) is 13.9. The number of anilines is 1. The minimum absolute atomic E-state index is 0.0393. The predicted octanol–water partition coefficient (Wildman–Crippen LogP) is 1.47. The molecule has 1 rings (SSSR count). The van der Waals surface area contributed by atoms with Crippen LogP contribution in [0.15, 0.2) is 12.1 Å². The Balaban J connectivity index is 3.54. The molecule has 1 amide bonds. The first kappa shape index (κ1) is 13.4. The molecule has 0 aliphatic carbocycles. The molecule has 9 heteroatoms. The van der Waals surface area contributed by atoms with Gasteiger partial charge in [0.1, 0.15) is 5.75 Å². The highest BCUT2D eigenvalue weighted by Gasteiger charge is 2.27. The summed E-state index contributed by atoms with van der Waals surface area (Å²) in [5.74, 6) is -0.686. The van der Waals surface area contributed by atoms with Gasteiger partial charge in [0, 0.05) is 6.92 Å². The van der Waals surface area contributed by atoms with Crippen molar-refractivity contribution in [1.82, 2.24) is 0 Å². The number of ether oxygens (including phenoxy) is 1. The van der Waals surface area contributed by atoms with Crippen LogP contribution in [0.2, 0.25) is 0 Å².